The van der Waals surface area contributed by atoms with Crippen molar-refractivity contribution in [1.29, 1.82) is 0 Å². The predicted octanol–water partition coefficient (Wildman–Crippen LogP) is 2.27. The molecule has 0 spiro atoms. The first kappa shape index (κ1) is 16.4. The van der Waals surface area contributed by atoms with E-state index < -0.39 is 0 Å². The fourth-order valence-corrected chi connectivity index (χ4v) is 2.43. The molecular formula is C15H19N3O3S. The van der Waals surface area contributed by atoms with Crippen LogP contribution in [0.15, 0.2) is 29.6 Å². The first-order valence-electron chi connectivity index (χ1n) is 6.91. The molecule has 0 aliphatic carbocycles. The van der Waals surface area contributed by atoms with E-state index in [1.807, 2.05) is 18.2 Å². The van der Waals surface area contributed by atoms with Gasteiger partial charge in [-0.3, -0.25) is 4.79 Å². The summed E-state index contributed by atoms with van der Waals surface area (Å²) in [5.74, 6) is 0.352. The van der Waals surface area contributed by atoms with Crippen molar-refractivity contribution in [2.24, 2.45) is 5.73 Å². The van der Waals surface area contributed by atoms with Crippen LogP contribution in [-0.2, 0) is 11.3 Å². The van der Waals surface area contributed by atoms with E-state index in [9.17, 15) is 4.79 Å². The zero-order valence-corrected chi connectivity index (χ0v) is 13.2. The summed E-state index contributed by atoms with van der Waals surface area (Å²) in [6.07, 6.45) is 0.782. The molecule has 6 nitrogen and oxygen atoms in total. The number of benzene rings is 1. The number of rotatable bonds is 8. The van der Waals surface area contributed by atoms with Crippen molar-refractivity contribution >= 4 is 22.9 Å². The van der Waals surface area contributed by atoms with E-state index in [1.54, 1.807) is 18.6 Å². The molecule has 0 saturated heterocycles. The maximum Gasteiger partial charge on any atom is 0.275 e. The Hall–Kier alpha value is -1.96. The van der Waals surface area contributed by atoms with Crippen molar-refractivity contribution in [2.75, 3.05) is 25.6 Å². The Morgan fingerprint density at radius 1 is 1.36 bits per heavy atom. The number of aromatic nitrogens is 1. The number of ether oxygens (including phenoxy) is 2. The van der Waals surface area contributed by atoms with Crippen LogP contribution in [0.5, 0.6) is 5.75 Å². The van der Waals surface area contributed by atoms with Crippen LogP contribution >= 0.6 is 11.3 Å². The number of hydrogen-bond acceptors (Lipinski definition) is 6. The number of thiazole rings is 1. The van der Waals surface area contributed by atoms with Crippen LogP contribution in [0, 0.1) is 0 Å². The van der Waals surface area contributed by atoms with Crippen LogP contribution in [0.1, 0.15) is 21.9 Å². The first-order valence-corrected chi connectivity index (χ1v) is 7.79. The molecule has 7 heteroatoms. The monoisotopic (exact) mass is 321 g/mol. The molecule has 0 radical (unpaired) electrons. The number of anilines is 1. The maximum atomic E-state index is 12.2. The molecule has 1 aromatic heterocycles. The van der Waals surface area contributed by atoms with Gasteiger partial charge < -0.3 is 20.5 Å². The van der Waals surface area contributed by atoms with Crippen LogP contribution in [0.4, 0.5) is 5.69 Å². The number of nitrogens with two attached hydrogens (primary N) is 1. The lowest BCUT2D eigenvalue weighted by atomic mass is 10.3. The average Bonchev–Trinajstić information content (AvgIpc) is 3.02. The fraction of sp³-hybridized carbons (Fsp3) is 0.333. The number of amides is 1. The van der Waals surface area contributed by atoms with E-state index in [-0.39, 0.29) is 5.91 Å². The highest BCUT2D eigenvalue weighted by Gasteiger charge is 2.12. The molecule has 1 amide bonds. The number of carbonyl (C=O) groups excluding carboxylic acids is 1. The number of methoxy groups -OCH3 is 1. The van der Waals surface area contributed by atoms with Gasteiger partial charge in [0.2, 0.25) is 0 Å². The van der Waals surface area contributed by atoms with E-state index in [2.05, 4.69) is 10.3 Å². The number of para-hydroxylation sites is 2. The minimum Gasteiger partial charge on any atom is -0.491 e. The molecule has 2 aromatic rings. The van der Waals surface area contributed by atoms with Crippen molar-refractivity contribution in [1.82, 2.24) is 4.98 Å². The molecule has 0 saturated carbocycles. The normalized spacial score (nSPS) is 10.5. The van der Waals surface area contributed by atoms with E-state index in [0.29, 0.717) is 36.9 Å². The highest BCUT2D eigenvalue weighted by Crippen LogP contribution is 2.24. The Labute approximate surface area is 133 Å². The molecule has 0 aliphatic rings. The molecule has 3 N–H and O–H groups in total. The highest BCUT2D eigenvalue weighted by molar-refractivity contribution is 7.09. The van der Waals surface area contributed by atoms with E-state index in [0.717, 1.165) is 11.4 Å². The molecule has 1 aromatic carbocycles. The summed E-state index contributed by atoms with van der Waals surface area (Å²) in [7, 11) is 1.65. The van der Waals surface area contributed by atoms with Gasteiger partial charge in [-0.05, 0) is 12.1 Å². The number of nitrogens with zero attached hydrogens (tertiary/aromatic N) is 1. The standard InChI is InChI=1S/C15H19N3O3S/c1-20-7-4-8-21-13-6-3-2-5-11(13)18-15(19)12-10-22-14(9-16)17-12/h2-3,5-6,10H,4,7-9,16H2,1H3,(H,18,19). The zero-order chi connectivity index (χ0) is 15.8. The molecule has 2 rings (SSSR count). The summed E-state index contributed by atoms with van der Waals surface area (Å²) in [6.45, 7) is 1.49. The molecule has 0 fully saturated rings. The molecule has 22 heavy (non-hydrogen) atoms. The summed E-state index contributed by atoms with van der Waals surface area (Å²) in [4.78, 5) is 16.4. The molecule has 0 bridgehead atoms. The van der Waals surface area contributed by atoms with Gasteiger partial charge in [0.1, 0.15) is 16.5 Å². The van der Waals surface area contributed by atoms with Crippen LogP contribution in [0.25, 0.3) is 0 Å². The predicted molar refractivity (Wildman–Crippen MR) is 86.4 cm³/mol. The minimum atomic E-state index is -0.274. The lowest BCUT2D eigenvalue weighted by Crippen LogP contribution is -2.14. The van der Waals surface area contributed by atoms with Crippen molar-refractivity contribution in [2.45, 2.75) is 13.0 Å². The minimum absolute atomic E-state index is 0.274. The summed E-state index contributed by atoms with van der Waals surface area (Å²) in [6, 6.07) is 7.30. The molecule has 0 unspecified atom stereocenters. The zero-order valence-electron chi connectivity index (χ0n) is 12.4. The quantitative estimate of drug-likeness (QED) is 0.728. The fourth-order valence-electron chi connectivity index (χ4n) is 1.78. The van der Waals surface area contributed by atoms with Gasteiger partial charge in [0.15, 0.2) is 0 Å². The highest BCUT2D eigenvalue weighted by atomic mass is 32.1. The van der Waals surface area contributed by atoms with Gasteiger partial charge in [0.25, 0.3) is 5.91 Å². The lowest BCUT2D eigenvalue weighted by molar-refractivity contribution is 0.102. The second-order valence-electron chi connectivity index (χ2n) is 4.48. The molecule has 1 heterocycles. The Bertz CT molecular complexity index is 616. The SMILES string of the molecule is COCCCOc1ccccc1NC(=O)c1csc(CN)n1. The van der Waals surface area contributed by atoms with Gasteiger partial charge in [-0.2, -0.15) is 0 Å². The van der Waals surface area contributed by atoms with E-state index in [1.165, 1.54) is 11.3 Å². The third-order valence-electron chi connectivity index (χ3n) is 2.84. The second kappa shape index (κ2) is 8.47. The maximum absolute atomic E-state index is 12.2. The molecular weight excluding hydrogens is 302 g/mol. The van der Waals surface area contributed by atoms with Gasteiger partial charge in [-0.15, -0.1) is 11.3 Å². The van der Waals surface area contributed by atoms with Gasteiger partial charge in [0, 0.05) is 32.1 Å². The van der Waals surface area contributed by atoms with Crippen molar-refractivity contribution < 1.29 is 14.3 Å². The molecule has 118 valence electrons. The van der Waals surface area contributed by atoms with Gasteiger partial charge >= 0.3 is 0 Å². The van der Waals surface area contributed by atoms with Crippen LogP contribution in [-0.4, -0.2) is 31.2 Å². The van der Waals surface area contributed by atoms with E-state index >= 15 is 0 Å². The Balaban J connectivity index is 2.00. The third kappa shape index (κ3) is 4.52. The Morgan fingerprint density at radius 2 is 2.18 bits per heavy atom. The van der Waals surface area contributed by atoms with Crippen molar-refractivity contribution in [3.05, 3.63) is 40.3 Å². The van der Waals surface area contributed by atoms with Crippen molar-refractivity contribution in [3.8, 4) is 5.75 Å². The number of hydrogen-bond donors (Lipinski definition) is 2. The van der Waals surface area contributed by atoms with E-state index in [4.69, 9.17) is 15.2 Å². The largest absolute Gasteiger partial charge is 0.491 e. The summed E-state index contributed by atoms with van der Waals surface area (Å²) in [5, 5.41) is 5.24. The lowest BCUT2D eigenvalue weighted by Gasteiger charge is -2.11. The van der Waals surface area contributed by atoms with Gasteiger partial charge in [-0.25, -0.2) is 4.98 Å². The third-order valence-corrected chi connectivity index (χ3v) is 3.72. The number of nitrogens with one attached hydrogen (secondary N) is 1. The second-order valence-corrected chi connectivity index (χ2v) is 5.42. The van der Waals surface area contributed by atoms with Gasteiger partial charge in [0.05, 0.1) is 12.3 Å². The Morgan fingerprint density at radius 3 is 2.91 bits per heavy atom. The van der Waals surface area contributed by atoms with Gasteiger partial charge in [-0.1, -0.05) is 12.1 Å². The topological polar surface area (TPSA) is 86.5 Å². The first-order chi connectivity index (χ1) is 10.7. The summed E-state index contributed by atoms with van der Waals surface area (Å²) in [5.41, 5.74) is 6.48. The van der Waals surface area contributed by atoms with Crippen molar-refractivity contribution in [3.63, 3.8) is 0 Å². The Kier molecular flexibility index (Phi) is 6.32. The molecule has 0 aliphatic heterocycles. The smallest absolute Gasteiger partial charge is 0.275 e. The average molecular weight is 321 g/mol. The van der Waals surface area contributed by atoms with Crippen LogP contribution in [0.3, 0.4) is 0 Å². The molecule has 0 atom stereocenters. The number of carbonyl (C=O) groups is 1. The summed E-state index contributed by atoms with van der Waals surface area (Å²) >= 11 is 1.37. The van der Waals surface area contributed by atoms with Crippen LogP contribution in [0.2, 0.25) is 0 Å². The summed E-state index contributed by atoms with van der Waals surface area (Å²) < 4.78 is 10.6. The van der Waals surface area contributed by atoms with Crippen LogP contribution < -0.4 is 15.8 Å².